The summed E-state index contributed by atoms with van der Waals surface area (Å²) in [6, 6.07) is 8.89. The first-order chi connectivity index (χ1) is 10.4. The molecule has 0 unspecified atom stereocenters. The number of para-hydroxylation sites is 1. The van der Waals surface area contributed by atoms with Crippen LogP contribution < -0.4 is 9.62 Å². The molecular formula is C15H24N2O4S. The van der Waals surface area contributed by atoms with Gasteiger partial charge in [-0.3, -0.25) is 9.10 Å². The molecule has 1 amide bonds. The van der Waals surface area contributed by atoms with Crippen molar-refractivity contribution in [3.63, 3.8) is 0 Å². The van der Waals surface area contributed by atoms with Crippen LogP contribution in [0.4, 0.5) is 5.69 Å². The summed E-state index contributed by atoms with van der Waals surface area (Å²) in [5, 5.41) is 2.78. The summed E-state index contributed by atoms with van der Waals surface area (Å²) in [6.45, 7) is 1.46. The Bertz CT molecular complexity index is 546. The molecule has 0 aromatic heterocycles. The summed E-state index contributed by atoms with van der Waals surface area (Å²) in [5.41, 5.74) is 0.616. The van der Waals surface area contributed by atoms with Crippen molar-refractivity contribution < 1.29 is 17.9 Å². The first kappa shape index (κ1) is 18.4. The van der Waals surface area contributed by atoms with Gasteiger partial charge < -0.3 is 10.1 Å². The first-order valence-electron chi connectivity index (χ1n) is 7.23. The standard InChI is InChI=1S/C15H24N2O4S/c1-21-13-7-11-16-15(18)10-6-12-17(22(2,19)20)14-8-4-3-5-9-14/h3-5,8-9H,6-7,10-13H2,1-2H3,(H,16,18). The zero-order chi connectivity index (χ0) is 16.4. The second-order valence-corrected chi connectivity index (χ2v) is 6.88. The molecule has 1 aromatic carbocycles. The van der Waals surface area contributed by atoms with Gasteiger partial charge in [0.15, 0.2) is 0 Å². The van der Waals surface area contributed by atoms with E-state index >= 15 is 0 Å². The van der Waals surface area contributed by atoms with Crippen molar-refractivity contribution in [2.75, 3.05) is 37.4 Å². The summed E-state index contributed by atoms with van der Waals surface area (Å²) in [5.74, 6) is -0.0717. The Morgan fingerprint density at radius 3 is 2.50 bits per heavy atom. The molecule has 0 bridgehead atoms. The number of methoxy groups -OCH3 is 1. The van der Waals surface area contributed by atoms with Gasteiger partial charge in [-0.2, -0.15) is 0 Å². The SMILES string of the molecule is COCCCNC(=O)CCCN(c1ccccc1)S(C)(=O)=O. The number of ether oxygens (including phenoxy) is 1. The monoisotopic (exact) mass is 328 g/mol. The Labute approximate surface area is 132 Å². The molecule has 0 saturated carbocycles. The molecule has 0 saturated heterocycles. The fraction of sp³-hybridized carbons (Fsp3) is 0.533. The Kier molecular flexibility index (Phi) is 7.90. The third-order valence-corrected chi connectivity index (χ3v) is 4.25. The average Bonchev–Trinajstić information content (AvgIpc) is 2.48. The quantitative estimate of drug-likeness (QED) is 0.659. The number of rotatable bonds is 10. The molecule has 1 rings (SSSR count). The van der Waals surface area contributed by atoms with Crippen LogP contribution in [0.3, 0.4) is 0 Å². The number of sulfonamides is 1. The van der Waals surface area contributed by atoms with Gasteiger partial charge in [0.05, 0.1) is 11.9 Å². The zero-order valence-electron chi connectivity index (χ0n) is 13.1. The number of benzene rings is 1. The van der Waals surface area contributed by atoms with Gasteiger partial charge >= 0.3 is 0 Å². The molecule has 0 spiro atoms. The molecule has 0 aliphatic carbocycles. The van der Waals surface area contributed by atoms with Crippen molar-refractivity contribution in [3.05, 3.63) is 30.3 Å². The van der Waals surface area contributed by atoms with E-state index in [9.17, 15) is 13.2 Å². The van der Waals surface area contributed by atoms with Crippen LogP contribution in [0.5, 0.6) is 0 Å². The molecule has 0 atom stereocenters. The molecule has 1 N–H and O–H groups in total. The van der Waals surface area contributed by atoms with E-state index < -0.39 is 10.0 Å². The smallest absolute Gasteiger partial charge is 0.232 e. The normalized spacial score (nSPS) is 11.2. The van der Waals surface area contributed by atoms with Gasteiger partial charge in [0.2, 0.25) is 15.9 Å². The summed E-state index contributed by atoms with van der Waals surface area (Å²) in [7, 11) is -1.74. The third kappa shape index (κ3) is 6.91. The van der Waals surface area contributed by atoms with E-state index in [0.29, 0.717) is 31.7 Å². The third-order valence-electron chi connectivity index (χ3n) is 3.06. The Hall–Kier alpha value is -1.60. The fourth-order valence-corrected chi connectivity index (χ4v) is 2.96. The fourth-order valence-electron chi connectivity index (χ4n) is 2.00. The summed E-state index contributed by atoms with van der Waals surface area (Å²) < 4.78 is 29.9. The molecule has 1 aromatic rings. The lowest BCUT2D eigenvalue weighted by Crippen LogP contribution is -2.32. The van der Waals surface area contributed by atoms with Crippen molar-refractivity contribution >= 4 is 21.6 Å². The van der Waals surface area contributed by atoms with Gasteiger partial charge in [0.25, 0.3) is 0 Å². The number of carbonyl (C=O) groups is 1. The van der Waals surface area contributed by atoms with E-state index in [-0.39, 0.29) is 12.5 Å². The number of anilines is 1. The van der Waals surface area contributed by atoms with Crippen LogP contribution in [0.15, 0.2) is 30.3 Å². The number of hydrogen-bond donors (Lipinski definition) is 1. The van der Waals surface area contributed by atoms with Gasteiger partial charge in [-0.1, -0.05) is 18.2 Å². The topological polar surface area (TPSA) is 75.7 Å². The zero-order valence-corrected chi connectivity index (χ0v) is 13.9. The van der Waals surface area contributed by atoms with Crippen molar-refractivity contribution in [3.8, 4) is 0 Å². The minimum Gasteiger partial charge on any atom is -0.385 e. The van der Waals surface area contributed by atoms with Crippen molar-refractivity contribution in [1.82, 2.24) is 5.32 Å². The second-order valence-electron chi connectivity index (χ2n) is 4.97. The minimum absolute atomic E-state index is 0.0717. The average molecular weight is 328 g/mol. The molecule has 7 heteroatoms. The predicted octanol–water partition coefficient (Wildman–Crippen LogP) is 1.39. The lowest BCUT2D eigenvalue weighted by Gasteiger charge is -2.22. The van der Waals surface area contributed by atoms with Crippen LogP contribution in [-0.2, 0) is 19.6 Å². The number of nitrogens with one attached hydrogen (secondary N) is 1. The highest BCUT2D eigenvalue weighted by Gasteiger charge is 2.17. The van der Waals surface area contributed by atoms with Crippen LogP contribution in [0.2, 0.25) is 0 Å². The number of nitrogens with zero attached hydrogens (tertiary/aromatic N) is 1. The molecule has 124 valence electrons. The molecule has 0 radical (unpaired) electrons. The van der Waals surface area contributed by atoms with E-state index in [0.717, 1.165) is 6.42 Å². The van der Waals surface area contributed by atoms with Gasteiger partial charge in [-0.05, 0) is 25.0 Å². The molecule has 0 aliphatic rings. The maximum Gasteiger partial charge on any atom is 0.232 e. The summed E-state index contributed by atoms with van der Waals surface area (Å²) >= 11 is 0. The van der Waals surface area contributed by atoms with Gasteiger partial charge in [0, 0.05) is 33.2 Å². The van der Waals surface area contributed by atoms with E-state index in [1.54, 1.807) is 31.4 Å². The molecular weight excluding hydrogens is 304 g/mol. The van der Waals surface area contributed by atoms with Crippen LogP contribution >= 0.6 is 0 Å². The highest BCUT2D eigenvalue weighted by molar-refractivity contribution is 7.92. The predicted molar refractivity (Wildman–Crippen MR) is 87.4 cm³/mol. The minimum atomic E-state index is -3.36. The van der Waals surface area contributed by atoms with Crippen LogP contribution in [-0.4, -0.2) is 47.4 Å². The number of carbonyl (C=O) groups excluding carboxylic acids is 1. The Balaban J connectivity index is 2.44. The van der Waals surface area contributed by atoms with E-state index in [1.807, 2.05) is 6.07 Å². The van der Waals surface area contributed by atoms with E-state index in [1.165, 1.54) is 10.6 Å². The van der Waals surface area contributed by atoms with Crippen molar-refractivity contribution in [2.45, 2.75) is 19.3 Å². The molecule has 6 nitrogen and oxygen atoms in total. The largest absolute Gasteiger partial charge is 0.385 e. The Morgan fingerprint density at radius 2 is 1.91 bits per heavy atom. The van der Waals surface area contributed by atoms with E-state index in [4.69, 9.17) is 4.74 Å². The lowest BCUT2D eigenvalue weighted by atomic mass is 10.2. The van der Waals surface area contributed by atoms with Gasteiger partial charge in [0.1, 0.15) is 0 Å². The maximum absolute atomic E-state index is 11.9. The first-order valence-corrected chi connectivity index (χ1v) is 9.08. The van der Waals surface area contributed by atoms with Crippen molar-refractivity contribution in [1.29, 1.82) is 0 Å². The molecule has 22 heavy (non-hydrogen) atoms. The van der Waals surface area contributed by atoms with Gasteiger partial charge in [-0.15, -0.1) is 0 Å². The van der Waals surface area contributed by atoms with Crippen LogP contribution in [0.25, 0.3) is 0 Å². The summed E-state index contributed by atoms with van der Waals surface area (Å²) in [4.78, 5) is 11.7. The second kappa shape index (κ2) is 9.42. The molecule has 0 fully saturated rings. The molecule has 0 heterocycles. The number of amides is 1. The lowest BCUT2D eigenvalue weighted by molar-refractivity contribution is -0.121. The summed E-state index contributed by atoms with van der Waals surface area (Å²) in [6.07, 6.45) is 2.70. The highest BCUT2D eigenvalue weighted by atomic mass is 32.2. The van der Waals surface area contributed by atoms with E-state index in [2.05, 4.69) is 5.32 Å². The van der Waals surface area contributed by atoms with Crippen molar-refractivity contribution in [2.24, 2.45) is 0 Å². The van der Waals surface area contributed by atoms with Crippen LogP contribution in [0.1, 0.15) is 19.3 Å². The van der Waals surface area contributed by atoms with Crippen LogP contribution in [0, 0.1) is 0 Å². The maximum atomic E-state index is 11.9. The van der Waals surface area contributed by atoms with Gasteiger partial charge in [-0.25, -0.2) is 8.42 Å². The number of hydrogen-bond acceptors (Lipinski definition) is 4. The Morgan fingerprint density at radius 1 is 1.23 bits per heavy atom. The highest BCUT2D eigenvalue weighted by Crippen LogP contribution is 2.17. The molecule has 0 aliphatic heterocycles.